The lowest BCUT2D eigenvalue weighted by Crippen LogP contribution is -2.10. The maximum absolute atomic E-state index is 11.2. The van der Waals surface area contributed by atoms with Crippen LogP contribution in [0.15, 0.2) is 59.6 Å². The molecule has 0 aliphatic heterocycles. The fourth-order valence-corrected chi connectivity index (χ4v) is 1.84. The molecule has 2 rings (SSSR count). The fourth-order valence-electron chi connectivity index (χ4n) is 1.84. The summed E-state index contributed by atoms with van der Waals surface area (Å²) in [5.41, 5.74) is 1.94. The zero-order valence-electron chi connectivity index (χ0n) is 10.1. The Morgan fingerprint density at radius 1 is 1.00 bits per heavy atom. The standard InChI is InChI=1S/C15H12N2O2/c16-10-17-14(11-6-2-1-3-7-11)12-8-4-5-9-13(12)15(18)19/h1-10,16H,(H,18,19). The Labute approximate surface area is 110 Å². The van der Waals surface area contributed by atoms with Crippen LogP contribution < -0.4 is 0 Å². The van der Waals surface area contributed by atoms with Crippen LogP contribution in [0.25, 0.3) is 0 Å². The van der Waals surface area contributed by atoms with Gasteiger partial charge in [-0.1, -0.05) is 48.5 Å². The molecule has 0 fully saturated rings. The molecule has 2 aromatic carbocycles. The summed E-state index contributed by atoms with van der Waals surface area (Å²) in [7, 11) is 0. The van der Waals surface area contributed by atoms with Gasteiger partial charge in [0.1, 0.15) is 6.34 Å². The average Bonchev–Trinajstić information content (AvgIpc) is 2.45. The summed E-state index contributed by atoms with van der Waals surface area (Å²) in [5, 5.41) is 16.4. The molecule has 0 saturated carbocycles. The maximum atomic E-state index is 11.2. The monoisotopic (exact) mass is 252 g/mol. The Morgan fingerprint density at radius 2 is 1.58 bits per heavy atom. The molecule has 2 N–H and O–H groups in total. The molecule has 94 valence electrons. The molecule has 4 nitrogen and oxygen atoms in total. The average molecular weight is 252 g/mol. The van der Waals surface area contributed by atoms with Gasteiger partial charge in [0.05, 0.1) is 11.3 Å². The van der Waals surface area contributed by atoms with Crippen molar-refractivity contribution < 1.29 is 9.90 Å². The van der Waals surface area contributed by atoms with E-state index in [1.807, 2.05) is 30.3 Å². The molecule has 2 aromatic rings. The summed E-state index contributed by atoms with van der Waals surface area (Å²) in [5.74, 6) is -1.01. The van der Waals surface area contributed by atoms with Crippen molar-refractivity contribution in [3.05, 3.63) is 71.3 Å². The highest BCUT2D eigenvalue weighted by molar-refractivity contribution is 6.19. The van der Waals surface area contributed by atoms with E-state index < -0.39 is 5.97 Å². The van der Waals surface area contributed by atoms with E-state index in [1.54, 1.807) is 18.2 Å². The van der Waals surface area contributed by atoms with E-state index in [2.05, 4.69) is 4.99 Å². The van der Waals surface area contributed by atoms with Crippen molar-refractivity contribution in [2.75, 3.05) is 0 Å². The largest absolute Gasteiger partial charge is 0.478 e. The van der Waals surface area contributed by atoms with Gasteiger partial charge in [-0.3, -0.25) is 5.41 Å². The quantitative estimate of drug-likeness (QED) is 0.648. The molecular formula is C15H12N2O2. The number of carboxylic acid groups (broad SMARTS) is 1. The second kappa shape index (κ2) is 5.73. The first-order chi connectivity index (χ1) is 9.24. The summed E-state index contributed by atoms with van der Waals surface area (Å²) >= 11 is 0. The van der Waals surface area contributed by atoms with E-state index in [9.17, 15) is 9.90 Å². The van der Waals surface area contributed by atoms with E-state index in [1.165, 1.54) is 6.07 Å². The maximum Gasteiger partial charge on any atom is 0.336 e. The minimum absolute atomic E-state index is 0.173. The van der Waals surface area contributed by atoms with E-state index in [0.29, 0.717) is 11.3 Å². The summed E-state index contributed by atoms with van der Waals surface area (Å²) in [4.78, 5) is 15.3. The van der Waals surface area contributed by atoms with Gasteiger partial charge in [0.2, 0.25) is 0 Å². The molecule has 0 aliphatic rings. The van der Waals surface area contributed by atoms with Gasteiger partial charge in [0.25, 0.3) is 0 Å². The molecule has 19 heavy (non-hydrogen) atoms. The second-order valence-electron chi connectivity index (χ2n) is 3.82. The number of rotatable bonds is 4. The topological polar surface area (TPSA) is 73.5 Å². The van der Waals surface area contributed by atoms with Crippen LogP contribution in [0.4, 0.5) is 0 Å². The first-order valence-electron chi connectivity index (χ1n) is 5.69. The van der Waals surface area contributed by atoms with Crippen molar-refractivity contribution in [1.82, 2.24) is 0 Å². The van der Waals surface area contributed by atoms with Gasteiger partial charge in [0.15, 0.2) is 0 Å². The second-order valence-corrected chi connectivity index (χ2v) is 3.82. The van der Waals surface area contributed by atoms with Crippen molar-refractivity contribution in [3.8, 4) is 0 Å². The summed E-state index contributed by atoms with van der Waals surface area (Å²) in [6, 6.07) is 15.9. The van der Waals surface area contributed by atoms with Crippen LogP contribution in [-0.2, 0) is 0 Å². The molecule has 0 aromatic heterocycles. The van der Waals surface area contributed by atoms with Gasteiger partial charge in [-0.05, 0) is 6.07 Å². The number of hydrogen-bond acceptors (Lipinski definition) is 2. The van der Waals surface area contributed by atoms with Gasteiger partial charge >= 0.3 is 5.97 Å². The highest BCUT2D eigenvalue weighted by Crippen LogP contribution is 2.15. The number of carbonyl (C=O) groups is 1. The lowest BCUT2D eigenvalue weighted by atomic mass is 9.97. The number of aliphatic imine (C=N–C) groups is 1. The lowest BCUT2D eigenvalue weighted by Gasteiger charge is -2.09. The Balaban J connectivity index is 2.62. The number of nitrogens with zero attached hydrogens (tertiary/aromatic N) is 1. The van der Waals surface area contributed by atoms with Crippen LogP contribution in [0.3, 0.4) is 0 Å². The van der Waals surface area contributed by atoms with Crippen LogP contribution in [0.5, 0.6) is 0 Å². The van der Waals surface area contributed by atoms with Crippen molar-refractivity contribution in [3.63, 3.8) is 0 Å². The molecule has 0 bridgehead atoms. The van der Waals surface area contributed by atoms with Crippen molar-refractivity contribution in [2.45, 2.75) is 0 Å². The SMILES string of the molecule is N=CN=C(c1ccccc1)c1ccccc1C(=O)O. The Hall–Kier alpha value is -2.75. The normalized spacial score (nSPS) is 11.1. The minimum atomic E-state index is -1.01. The van der Waals surface area contributed by atoms with Crippen molar-refractivity contribution in [1.29, 1.82) is 5.41 Å². The summed E-state index contributed by atoms with van der Waals surface area (Å²) in [6.45, 7) is 0. The van der Waals surface area contributed by atoms with E-state index in [0.717, 1.165) is 11.9 Å². The summed E-state index contributed by atoms with van der Waals surface area (Å²) < 4.78 is 0. The number of carboxylic acids is 1. The first-order valence-corrected chi connectivity index (χ1v) is 5.69. The molecule has 0 radical (unpaired) electrons. The van der Waals surface area contributed by atoms with Gasteiger partial charge in [-0.15, -0.1) is 0 Å². The van der Waals surface area contributed by atoms with Gasteiger partial charge in [-0.2, -0.15) is 0 Å². The number of nitrogens with one attached hydrogen (secondary N) is 1. The van der Waals surface area contributed by atoms with Crippen LogP contribution in [0.2, 0.25) is 0 Å². The smallest absolute Gasteiger partial charge is 0.336 e. The van der Waals surface area contributed by atoms with E-state index in [4.69, 9.17) is 5.41 Å². The lowest BCUT2D eigenvalue weighted by molar-refractivity contribution is 0.0696. The highest BCUT2D eigenvalue weighted by atomic mass is 16.4. The van der Waals surface area contributed by atoms with E-state index >= 15 is 0 Å². The number of aromatic carboxylic acids is 1. The third-order valence-electron chi connectivity index (χ3n) is 2.65. The Morgan fingerprint density at radius 3 is 2.16 bits per heavy atom. The molecule has 0 spiro atoms. The Bertz CT molecular complexity index is 634. The van der Waals surface area contributed by atoms with Gasteiger partial charge < -0.3 is 5.11 Å². The third-order valence-corrected chi connectivity index (χ3v) is 2.65. The van der Waals surface area contributed by atoms with Gasteiger partial charge in [0, 0.05) is 11.1 Å². The van der Waals surface area contributed by atoms with Crippen molar-refractivity contribution in [2.24, 2.45) is 4.99 Å². The fraction of sp³-hybridized carbons (Fsp3) is 0. The van der Waals surface area contributed by atoms with Crippen LogP contribution in [0, 0.1) is 5.41 Å². The predicted molar refractivity (Wildman–Crippen MR) is 74.3 cm³/mol. The molecule has 0 amide bonds. The minimum Gasteiger partial charge on any atom is -0.478 e. The third kappa shape index (κ3) is 2.74. The molecule has 0 heterocycles. The highest BCUT2D eigenvalue weighted by Gasteiger charge is 2.15. The first kappa shape index (κ1) is 12.7. The number of hydrogen-bond donors (Lipinski definition) is 2. The molecule has 0 unspecified atom stereocenters. The zero-order valence-corrected chi connectivity index (χ0v) is 10.1. The van der Waals surface area contributed by atoms with Crippen LogP contribution >= 0.6 is 0 Å². The summed E-state index contributed by atoms with van der Waals surface area (Å²) in [6.07, 6.45) is 0.918. The molecule has 4 heteroatoms. The van der Waals surface area contributed by atoms with Crippen LogP contribution in [0.1, 0.15) is 21.5 Å². The zero-order chi connectivity index (χ0) is 13.7. The molecule has 0 aliphatic carbocycles. The Kier molecular flexibility index (Phi) is 3.83. The molecule has 0 saturated heterocycles. The van der Waals surface area contributed by atoms with Crippen LogP contribution in [-0.4, -0.2) is 23.1 Å². The predicted octanol–water partition coefficient (Wildman–Crippen LogP) is 2.83. The molecular weight excluding hydrogens is 240 g/mol. The van der Waals surface area contributed by atoms with Crippen molar-refractivity contribution >= 4 is 18.0 Å². The van der Waals surface area contributed by atoms with Gasteiger partial charge in [-0.25, -0.2) is 9.79 Å². The number of benzene rings is 2. The van der Waals surface area contributed by atoms with E-state index in [-0.39, 0.29) is 5.56 Å². The molecule has 0 atom stereocenters.